The summed E-state index contributed by atoms with van der Waals surface area (Å²) in [5.74, 6) is -2.02. The number of unbranched alkanes of at least 4 members (excludes halogenated alkanes) is 22. The number of carboxylic acids is 1. The Bertz CT molecular complexity index is 1420. The van der Waals surface area contributed by atoms with E-state index in [9.17, 15) is 19.5 Å². The van der Waals surface area contributed by atoms with E-state index >= 15 is 0 Å². The molecule has 0 saturated carbocycles. The van der Waals surface area contributed by atoms with E-state index in [1.54, 1.807) is 0 Å². The van der Waals surface area contributed by atoms with Crippen LogP contribution >= 0.6 is 0 Å². The molecule has 0 spiro atoms. The Labute approximate surface area is 430 Å². The van der Waals surface area contributed by atoms with Crippen LogP contribution in [-0.4, -0.2) is 87.4 Å². The van der Waals surface area contributed by atoms with Crippen LogP contribution in [0.1, 0.15) is 226 Å². The Hall–Kier alpha value is -3.53. The summed E-state index contributed by atoms with van der Waals surface area (Å²) in [5, 5.41) is 9.69. The van der Waals surface area contributed by atoms with Crippen LogP contribution in [0.25, 0.3) is 0 Å². The third kappa shape index (κ3) is 52.3. The summed E-state index contributed by atoms with van der Waals surface area (Å²) in [6.07, 6.45) is 65.1. The van der Waals surface area contributed by atoms with Crippen molar-refractivity contribution in [2.24, 2.45) is 0 Å². The number of carbonyl (C=O) groups is 3. The molecule has 0 aliphatic heterocycles. The van der Waals surface area contributed by atoms with Gasteiger partial charge in [0.1, 0.15) is 13.2 Å². The standard InChI is InChI=1S/C61H105NO8/c1-6-8-10-12-14-16-18-20-22-24-25-26-27-28-29-30-31-32-33-34-35-36-38-40-42-44-46-48-50-52-59(64)70-57(56-69-61(60(65)66)67-54-53-62(3,4)5)55-68-58(63)51-49-47-45-43-41-39-37-23-21-19-17-15-13-11-9-7-2/h8,10,14,16,20,22-23,25-26,28-29,31-32,37,57,61H,6-7,9,11-13,15,17-19,21,24,27,30,33-36,38-56H2,1-5H3/p+1/b10-8-,16-14-,22-20-,26-25-,29-28-,32-31-,37-23-. The molecule has 0 saturated heterocycles. The molecule has 0 amide bonds. The van der Waals surface area contributed by atoms with Crippen molar-refractivity contribution < 1.29 is 42.9 Å². The maximum Gasteiger partial charge on any atom is 0.361 e. The van der Waals surface area contributed by atoms with E-state index in [2.05, 4.69) is 98.9 Å². The molecule has 0 heterocycles. The maximum absolute atomic E-state index is 12.9. The summed E-state index contributed by atoms with van der Waals surface area (Å²) in [6, 6.07) is 0. The number of allylic oxidation sites excluding steroid dienone is 14. The summed E-state index contributed by atoms with van der Waals surface area (Å²) in [6.45, 7) is 4.74. The van der Waals surface area contributed by atoms with E-state index in [-0.39, 0.29) is 38.6 Å². The number of nitrogens with zero attached hydrogens (tertiary/aromatic N) is 1. The van der Waals surface area contributed by atoms with Gasteiger partial charge in [0.05, 0.1) is 34.4 Å². The minimum atomic E-state index is -1.52. The number of quaternary nitrogens is 1. The number of ether oxygens (including phenoxy) is 4. The molecule has 2 unspecified atom stereocenters. The van der Waals surface area contributed by atoms with Crippen LogP contribution in [0.2, 0.25) is 0 Å². The van der Waals surface area contributed by atoms with Crippen LogP contribution < -0.4 is 0 Å². The number of carbonyl (C=O) groups excluding carboxylic acids is 2. The quantitative estimate of drug-likeness (QED) is 0.0211. The molecule has 70 heavy (non-hydrogen) atoms. The maximum atomic E-state index is 12.9. The highest BCUT2D eigenvalue weighted by Crippen LogP contribution is 2.15. The van der Waals surface area contributed by atoms with Crippen molar-refractivity contribution in [2.75, 3.05) is 47.5 Å². The summed E-state index contributed by atoms with van der Waals surface area (Å²) < 4.78 is 22.8. The van der Waals surface area contributed by atoms with Gasteiger partial charge in [0.25, 0.3) is 6.29 Å². The second-order valence-electron chi connectivity index (χ2n) is 19.9. The van der Waals surface area contributed by atoms with Crippen molar-refractivity contribution in [1.82, 2.24) is 0 Å². The largest absolute Gasteiger partial charge is 0.477 e. The van der Waals surface area contributed by atoms with Gasteiger partial charge in [-0.2, -0.15) is 0 Å². The number of rotatable bonds is 51. The van der Waals surface area contributed by atoms with Crippen molar-refractivity contribution in [1.29, 1.82) is 0 Å². The van der Waals surface area contributed by atoms with Gasteiger partial charge in [-0.25, -0.2) is 4.79 Å². The molecule has 0 radical (unpaired) electrons. The molecule has 402 valence electrons. The molecular weight excluding hydrogens is 875 g/mol. The van der Waals surface area contributed by atoms with Crippen LogP contribution in [0.15, 0.2) is 85.1 Å². The third-order valence-corrected chi connectivity index (χ3v) is 11.9. The highest BCUT2D eigenvalue weighted by molar-refractivity contribution is 5.71. The summed E-state index contributed by atoms with van der Waals surface area (Å²) in [4.78, 5) is 37.4. The van der Waals surface area contributed by atoms with Gasteiger partial charge < -0.3 is 28.5 Å². The zero-order valence-corrected chi connectivity index (χ0v) is 45.7. The van der Waals surface area contributed by atoms with Gasteiger partial charge in [-0.3, -0.25) is 9.59 Å². The Morgan fingerprint density at radius 1 is 0.443 bits per heavy atom. The summed E-state index contributed by atoms with van der Waals surface area (Å²) >= 11 is 0. The average molecular weight is 982 g/mol. The van der Waals surface area contributed by atoms with Crippen molar-refractivity contribution in [3.63, 3.8) is 0 Å². The Kier molecular flexibility index (Phi) is 49.2. The van der Waals surface area contributed by atoms with Gasteiger partial charge in [0.2, 0.25) is 0 Å². The Balaban J connectivity index is 4.27. The number of hydrogen-bond acceptors (Lipinski definition) is 7. The van der Waals surface area contributed by atoms with Gasteiger partial charge in [0, 0.05) is 12.8 Å². The molecule has 0 fully saturated rings. The SMILES string of the molecule is CC/C=C\C/C=C\C/C=C\C/C=C\C/C=C\C/C=C\CCCCCCCCCCCCC(=O)OC(COC(=O)CCCCCCC/C=C\CCCCCCCCC)COC(OCC[N+](C)(C)C)C(=O)O. The smallest absolute Gasteiger partial charge is 0.361 e. The Morgan fingerprint density at radius 2 is 0.814 bits per heavy atom. The number of esters is 2. The van der Waals surface area contributed by atoms with Crippen LogP contribution in [0.5, 0.6) is 0 Å². The summed E-state index contributed by atoms with van der Waals surface area (Å²) in [5.41, 5.74) is 0. The minimum Gasteiger partial charge on any atom is -0.477 e. The fourth-order valence-corrected chi connectivity index (χ4v) is 7.54. The zero-order valence-electron chi connectivity index (χ0n) is 45.7. The normalized spacial score (nSPS) is 13.4. The van der Waals surface area contributed by atoms with Crippen molar-refractivity contribution in [3.8, 4) is 0 Å². The lowest BCUT2D eigenvalue weighted by Gasteiger charge is -2.25. The van der Waals surface area contributed by atoms with E-state index < -0.39 is 24.3 Å². The zero-order chi connectivity index (χ0) is 51.3. The van der Waals surface area contributed by atoms with E-state index in [0.717, 1.165) is 103 Å². The second kappa shape index (κ2) is 51.8. The first-order valence-corrected chi connectivity index (χ1v) is 28.3. The molecule has 0 aromatic rings. The van der Waals surface area contributed by atoms with Crippen molar-refractivity contribution >= 4 is 17.9 Å². The lowest BCUT2D eigenvalue weighted by Crippen LogP contribution is -2.40. The number of carboxylic acid groups (broad SMARTS) is 1. The molecule has 0 aromatic carbocycles. The fraction of sp³-hybridized carbons (Fsp3) is 0.721. The molecule has 0 aliphatic rings. The van der Waals surface area contributed by atoms with E-state index in [1.807, 2.05) is 21.1 Å². The predicted molar refractivity (Wildman–Crippen MR) is 295 cm³/mol. The van der Waals surface area contributed by atoms with Crippen LogP contribution in [0.3, 0.4) is 0 Å². The number of hydrogen-bond donors (Lipinski definition) is 1. The first-order valence-electron chi connectivity index (χ1n) is 28.3. The Morgan fingerprint density at radius 3 is 1.23 bits per heavy atom. The molecular formula is C61H106NO8+. The van der Waals surface area contributed by atoms with Crippen LogP contribution in [0.4, 0.5) is 0 Å². The lowest BCUT2D eigenvalue weighted by atomic mass is 10.0. The number of aliphatic carboxylic acids is 1. The molecule has 9 nitrogen and oxygen atoms in total. The van der Waals surface area contributed by atoms with Crippen LogP contribution in [-0.2, 0) is 33.3 Å². The molecule has 0 aromatic heterocycles. The lowest BCUT2D eigenvalue weighted by molar-refractivity contribution is -0.870. The third-order valence-electron chi connectivity index (χ3n) is 11.9. The van der Waals surface area contributed by atoms with Crippen LogP contribution in [0, 0.1) is 0 Å². The molecule has 0 aliphatic carbocycles. The first-order chi connectivity index (χ1) is 34.1. The minimum absolute atomic E-state index is 0.182. The molecule has 2 atom stereocenters. The highest BCUT2D eigenvalue weighted by atomic mass is 16.7. The average Bonchev–Trinajstić information content (AvgIpc) is 3.33. The van der Waals surface area contributed by atoms with E-state index in [0.29, 0.717) is 17.4 Å². The van der Waals surface area contributed by atoms with E-state index in [1.165, 1.54) is 89.9 Å². The molecule has 0 bridgehead atoms. The van der Waals surface area contributed by atoms with Gasteiger partial charge in [-0.05, 0) is 89.9 Å². The van der Waals surface area contributed by atoms with Gasteiger partial charge in [-0.1, -0.05) is 208 Å². The molecule has 9 heteroatoms. The van der Waals surface area contributed by atoms with Crippen molar-refractivity contribution in [2.45, 2.75) is 238 Å². The van der Waals surface area contributed by atoms with Crippen molar-refractivity contribution in [3.05, 3.63) is 85.1 Å². The second-order valence-corrected chi connectivity index (χ2v) is 19.9. The van der Waals surface area contributed by atoms with Gasteiger partial charge >= 0.3 is 17.9 Å². The fourth-order valence-electron chi connectivity index (χ4n) is 7.54. The number of likely N-dealkylation sites (N-methyl/N-ethyl adjacent to an activating group) is 1. The highest BCUT2D eigenvalue weighted by Gasteiger charge is 2.25. The van der Waals surface area contributed by atoms with E-state index in [4.69, 9.17) is 18.9 Å². The summed E-state index contributed by atoms with van der Waals surface area (Å²) in [7, 11) is 5.96. The molecule has 1 N–H and O–H groups in total. The molecule has 0 rings (SSSR count). The predicted octanol–water partition coefficient (Wildman–Crippen LogP) is 16.4. The van der Waals surface area contributed by atoms with Gasteiger partial charge in [0.15, 0.2) is 6.10 Å². The topological polar surface area (TPSA) is 108 Å². The monoisotopic (exact) mass is 981 g/mol. The first kappa shape index (κ1) is 66.5. The van der Waals surface area contributed by atoms with Gasteiger partial charge in [-0.15, -0.1) is 0 Å².